The molecular weight excluding hydrogens is 324 g/mol. The van der Waals surface area contributed by atoms with Crippen molar-refractivity contribution in [3.8, 4) is 0 Å². The lowest BCUT2D eigenvalue weighted by Crippen LogP contribution is -2.70. The summed E-state index contributed by atoms with van der Waals surface area (Å²) in [6.45, 7) is 3.85. The lowest BCUT2D eigenvalue weighted by Gasteiger charge is -2.56. The number of amides is 1. The maximum absolute atomic E-state index is 12.8. The molecule has 5 heteroatoms. The minimum atomic E-state index is 0.265. The van der Waals surface area contributed by atoms with Crippen LogP contribution >= 0.6 is 0 Å². The minimum Gasteiger partial charge on any atom is -0.352 e. The molecule has 4 heterocycles. The van der Waals surface area contributed by atoms with Gasteiger partial charge in [-0.3, -0.25) is 4.79 Å². The van der Waals surface area contributed by atoms with Crippen LogP contribution in [0.25, 0.3) is 0 Å². The zero-order valence-corrected chi connectivity index (χ0v) is 15.1. The first kappa shape index (κ1) is 15.8. The highest BCUT2D eigenvalue weighted by Gasteiger charge is 2.47. The van der Waals surface area contributed by atoms with Crippen molar-refractivity contribution in [1.29, 1.82) is 0 Å². The number of carbonyl (C=O) groups excluding carboxylic acids is 1. The Balaban J connectivity index is 1.26. The molecule has 6 rings (SSSR count). The highest BCUT2D eigenvalue weighted by Crippen LogP contribution is 2.40. The van der Waals surface area contributed by atoms with E-state index in [2.05, 4.69) is 44.9 Å². The fraction of sp³-hybridized carbons (Fsp3) is 0.476. The van der Waals surface area contributed by atoms with E-state index in [1.54, 1.807) is 6.33 Å². The van der Waals surface area contributed by atoms with Gasteiger partial charge in [-0.1, -0.05) is 24.3 Å². The Kier molecular flexibility index (Phi) is 3.69. The maximum atomic E-state index is 12.8. The Bertz CT molecular complexity index is 835. The quantitative estimate of drug-likeness (QED) is 0.852. The summed E-state index contributed by atoms with van der Waals surface area (Å²) in [7, 11) is 0. The summed E-state index contributed by atoms with van der Waals surface area (Å²) in [5.41, 5.74) is 3.52. The second-order valence-electron chi connectivity index (χ2n) is 7.93. The molecule has 2 aromatic rings. The van der Waals surface area contributed by atoms with Gasteiger partial charge in [0.1, 0.15) is 12.1 Å². The average molecular weight is 348 g/mol. The Labute approximate surface area is 154 Å². The van der Waals surface area contributed by atoms with Crippen LogP contribution in [0.4, 0.5) is 5.82 Å². The number of fused-ring (bicyclic) bond motifs is 2. The monoisotopic (exact) mass is 348 g/mol. The molecular formula is C21H24N4O. The van der Waals surface area contributed by atoms with Crippen LogP contribution in [0.1, 0.15) is 42.0 Å². The third-order valence-corrected chi connectivity index (χ3v) is 6.08. The summed E-state index contributed by atoms with van der Waals surface area (Å²) in [4.78, 5) is 26.2. The molecule has 1 aromatic heterocycles. The molecule has 0 N–H and O–H groups in total. The minimum absolute atomic E-state index is 0.265. The van der Waals surface area contributed by atoms with E-state index in [0.717, 1.165) is 30.9 Å². The van der Waals surface area contributed by atoms with Gasteiger partial charge in [-0.15, -0.1) is 0 Å². The van der Waals surface area contributed by atoms with Crippen molar-refractivity contribution < 1.29 is 4.79 Å². The fourth-order valence-electron chi connectivity index (χ4n) is 4.40. The van der Waals surface area contributed by atoms with E-state index in [0.29, 0.717) is 24.4 Å². The number of carbonyl (C=O) groups is 1. The van der Waals surface area contributed by atoms with Crippen LogP contribution in [0.2, 0.25) is 0 Å². The van der Waals surface area contributed by atoms with Crippen molar-refractivity contribution >= 4 is 11.7 Å². The molecule has 2 atom stereocenters. The summed E-state index contributed by atoms with van der Waals surface area (Å²) in [5.74, 6) is 1.94. The molecule has 134 valence electrons. The predicted molar refractivity (Wildman–Crippen MR) is 100 cm³/mol. The van der Waals surface area contributed by atoms with Crippen molar-refractivity contribution in [1.82, 2.24) is 14.9 Å². The van der Waals surface area contributed by atoms with Crippen LogP contribution in [0, 0.1) is 6.92 Å². The molecule has 1 amide bonds. The number of anilines is 1. The highest BCUT2D eigenvalue weighted by molar-refractivity contribution is 5.81. The van der Waals surface area contributed by atoms with Crippen LogP contribution in [0.15, 0.2) is 36.7 Å². The fourth-order valence-corrected chi connectivity index (χ4v) is 4.40. The van der Waals surface area contributed by atoms with Gasteiger partial charge in [0.15, 0.2) is 0 Å². The molecule has 3 saturated heterocycles. The molecule has 1 aliphatic carbocycles. The smallest absolute Gasteiger partial charge is 0.227 e. The van der Waals surface area contributed by atoms with Gasteiger partial charge in [0.2, 0.25) is 5.91 Å². The molecule has 1 saturated carbocycles. The maximum Gasteiger partial charge on any atom is 0.227 e. The van der Waals surface area contributed by atoms with Crippen LogP contribution < -0.4 is 4.90 Å². The van der Waals surface area contributed by atoms with E-state index in [4.69, 9.17) is 0 Å². The van der Waals surface area contributed by atoms with E-state index in [1.807, 2.05) is 12.1 Å². The molecule has 1 aromatic carbocycles. The summed E-state index contributed by atoms with van der Waals surface area (Å²) in [5, 5.41) is 0. The topological polar surface area (TPSA) is 49.3 Å². The second kappa shape index (κ2) is 6.08. The molecule has 5 nitrogen and oxygen atoms in total. The number of hydrogen-bond donors (Lipinski definition) is 0. The van der Waals surface area contributed by atoms with E-state index in [1.165, 1.54) is 24.1 Å². The predicted octanol–water partition coefficient (Wildman–Crippen LogP) is 2.69. The number of piperidine rings is 1. The van der Waals surface area contributed by atoms with Crippen molar-refractivity contribution in [2.24, 2.45) is 0 Å². The van der Waals surface area contributed by atoms with Crippen molar-refractivity contribution in [3.63, 3.8) is 0 Å². The second-order valence-corrected chi connectivity index (χ2v) is 7.93. The van der Waals surface area contributed by atoms with Gasteiger partial charge in [-0.2, -0.15) is 0 Å². The van der Waals surface area contributed by atoms with Crippen LogP contribution in [-0.2, 0) is 11.2 Å². The molecule has 4 fully saturated rings. The van der Waals surface area contributed by atoms with Crippen molar-refractivity contribution in [2.75, 3.05) is 18.0 Å². The number of rotatable bonds is 4. The molecule has 2 bridgehead atoms. The van der Waals surface area contributed by atoms with Gasteiger partial charge >= 0.3 is 0 Å². The number of aromatic nitrogens is 2. The standard InChI is InChI=1S/C21H24N4O/c1-14-4-2-3-5-16(14)8-21(26)25-17-9-18(25)12-24(11-17)20-10-19(15-6-7-15)22-13-23-20/h2-5,10,13,15,17-18H,6-9,11-12H2,1H3. The van der Waals surface area contributed by atoms with Gasteiger partial charge in [0.25, 0.3) is 0 Å². The Morgan fingerprint density at radius 3 is 2.65 bits per heavy atom. The van der Waals surface area contributed by atoms with Crippen LogP contribution in [0.3, 0.4) is 0 Å². The molecule has 0 spiro atoms. The van der Waals surface area contributed by atoms with Gasteiger partial charge < -0.3 is 9.80 Å². The molecule has 0 radical (unpaired) electrons. The largest absolute Gasteiger partial charge is 0.352 e. The van der Waals surface area contributed by atoms with Gasteiger partial charge in [0.05, 0.1) is 18.5 Å². The summed E-state index contributed by atoms with van der Waals surface area (Å²) < 4.78 is 0. The normalized spacial score (nSPS) is 24.3. The lowest BCUT2D eigenvalue weighted by atomic mass is 9.86. The summed E-state index contributed by atoms with van der Waals surface area (Å²) >= 11 is 0. The Hall–Kier alpha value is -2.43. The third-order valence-electron chi connectivity index (χ3n) is 6.08. The summed E-state index contributed by atoms with van der Waals surface area (Å²) in [6.07, 6.45) is 5.84. The van der Waals surface area contributed by atoms with E-state index in [-0.39, 0.29) is 5.91 Å². The number of benzene rings is 1. The number of nitrogens with zero attached hydrogens (tertiary/aromatic N) is 4. The average Bonchev–Trinajstić information content (AvgIpc) is 3.49. The SMILES string of the molecule is Cc1ccccc1CC(=O)N1C2CC1CN(c1cc(C3CC3)ncn1)C2. The first-order chi connectivity index (χ1) is 12.7. The van der Waals surface area contributed by atoms with Gasteiger partial charge in [-0.25, -0.2) is 9.97 Å². The van der Waals surface area contributed by atoms with E-state index >= 15 is 0 Å². The first-order valence-corrected chi connectivity index (χ1v) is 9.61. The number of hydrogen-bond acceptors (Lipinski definition) is 4. The van der Waals surface area contributed by atoms with Gasteiger partial charge in [0, 0.05) is 30.8 Å². The Morgan fingerprint density at radius 2 is 1.92 bits per heavy atom. The van der Waals surface area contributed by atoms with Gasteiger partial charge in [-0.05, 0) is 37.3 Å². The zero-order chi connectivity index (χ0) is 17.7. The first-order valence-electron chi connectivity index (χ1n) is 9.61. The molecule has 4 aliphatic rings. The van der Waals surface area contributed by atoms with E-state index < -0.39 is 0 Å². The zero-order valence-electron chi connectivity index (χ0n) is 15.1. The molecule has 2 unspecified atom stereocenters. The lowest BCUT2D eigenvalue weighted by molar-refractivity contribution is -0.145. The number of piperazine rings is 1. The van der Waals surface area contributed by atoms with E-state index in [9.17, 15) is 4.79 Å². The number of aryl methyl sites for hydroxylation is 1. The molecule has 26 heavy (non-hydrogen) atoms. The third kappa shape index (κ3) is 2.75. The summed E-state index contributed by atoms with van der Waals surface area (Å²) in [6, 6.07) is 11.0. The Morgan fingerprint density at radius 1 is 1.15 bits per heavy atom. The molecule has 3 aliphatic heterocycles. The van der Waals surface area contributed by atoms with Crippen LogP contribution in [-0.4, -0.2) is 45.9 Å². The van der Waals surface area contributed by atoms with Crippen LogP contribution in [0.5, 0.6) is 0 Å². The van der Waals surface area contributed by atoms with Crippen molar-refractivity contribution in [3.05, 3.63) is 53.5 Å². The highest BCUT2D eigenvalue weighted by atomic mass is 16.2. The van der Waals surface area contributed by atoms with Crippen molar-refractivity contribution in [2.45, 2.75) is 50.6 Å².